The van der Waals surface area contributed by atoms with Gasteiger partial charge in [-0.05, 0) is 43.4 Å². The maximum absolute atomic E-state index is 12.9. The van der Waals surface area contributed by atoms with Crippen molar-refractivity contribution in [1.82, 2.24) is 15.5 Å². The van der Waals surface area contributed by atoms with Gasteiger partial charge in [0.25, 0.3) is 5.91 Å². The fourth-order valence-corrected chi connectivity index (χ4v) is 4.98. The molecule has 1 aromatic carbocycles. The number of carbonyl (C=O) groups excluding carboxylic acids is 3. The van der Waals surface area contributed by atoms with Crippen molar-refractivity contribution in [3.8, 4) is 0 Å². The van der Waals surface area contributed by atoms with Crippen molar-refractivity contribution in [3.63, 3.8) is 0 Å². The third-order valence-corrected chi connectivity index (χ3v) is 6.60. The highest BCUT2D eigenvalue weighted by Gasteiger charge is 2.53. The van der Waals surface area contributed by atoms with E-state index in [-0.39, 0.29) is 18.4 Å². The second-order valence-electron chi connectivity index (χ2n) is 7.86. The van der Waals surface area contributed by atoms with Gasteiger partial charge in [0.05, 0.1) is 5.54 Å². The average Bonchev–Trinajstić information content (AvgIpc) is 3.23. The van der Waals surface area contributed by atoms with Gasteiger partial charge in [0, 0.05) is 17.7 Å². The Morgan fingerprint density at radius 3 is 2.57 bits per heavy atom. The Morgan fingerprint density at radius 2 is 1.89 bits per heavy atom. The van der Waals surface area contributed by atoms with Crippen LogP contribution in [0.2, 0.25) is 0 Å². The molecule has 150 valence electrons. The molecular formula is C20H24BrN3O4. The fourth-order valence-electron chi connectivity index (χ4n) is 4.58. The highest BCUT2D eigenvalue weighted by molar-refractivity contribution is 9.10. The first-order chi connectivity index (χ1) is 13.4. The predicted molar refractivity (Wildman–Crippen MR) is 105 cm³/mol. The maximum Gasteiger partial charge on any atom is 0.325 e. The van der Waals surface area contributed by atoms with Crippen LogP contribution in [0.5, 0.6) is 0 Å². The molecule has 0 unspecified atom stereocenters. The summed E-state index contributed by atoms with van der Waals surface area (Å²) in [5.74, 6) is -0.603. The van der Waals surface area contributed by atoms with Crippen LogP contribution in [0, 0.1) is 0 Å². The third-order valence-electron chi connectivity index (χ3n) is 6.11. The van der Waals surface area contributed by atoms with Crippen LogP contribution < -0.4 is 10.6 Å². The Hall–Kier alpha value is -1.93. The van der Waals surface area contributed by atoms with Crippen molar-refractivity contribution in [1.29, 1.82) is 0 Å². The van der Waals surface area contributed by atoms with E-state index in [4.69, 9.17) is 4.74 Å². The Bertz CT molecular complexity index is 800. The topological polar surface area (TPSA) is 87.7 Å². The summed E-state index contributed by atoms with van der Waals surface area (Å²) in [5.41, 5.74) is -0.371. The van der Waals surface area contributed by atoms with Gasteiger partial charge in [-0.15, -0.1) is 0 Å². The summed E-state index contributed by atoms with van der Waals surface area (Å²) in [6.07, 6.45) is 4.40. The number of ether oxygens (including phenoxy) is 1. The van der Waals surface area contributed by atoms with Gasteiger partial charge >= 0.3 is 6.03 Å². The molecule has 0 atom stereocenters. The summed E-state index contributed by atoms with van der Waals surface area (Å²) in [7, 11) is 0. The first-order valence-electron chi connectivity index (χ1n) is 9.73. The zero-order valence-corrected chi connectivity index (χ0v) is 17.2. The number of hydrogen-bond donors (Lipinski definition) is 2. The van der Waals surface area contributed by atoms with E-state index in [1.165, 1.54) is 0 Å². The van der Waals surface area contributed by atoms with Gasteiger partial charge in [-0.1, -0.05) is 40.9 Å². The van der Waals surface area contributed by atoms with Crippen LogP contribution in [0.1, 0.15) is 44.1 Å². The van der Waals surface area contributed by atoms with Gasteiger partial charge in [0.15, 0.2) is 0 Å². The molecule has 3 aliphatic rings. The van der Waals surface area contributed by atoms with E-state index in [0.717, 1.165) is 27.8 Å². The molecule has 1 saturated carbocycles. The molecule has 28 heavy (non-hydrogen) atoms. The Kier molecular flexibility index (Phi) is 5.18. The molecule has 1 aromatic rings. The third kappa shape index (κ3) is 3.43. The minimum Gasteiger partial charge on any atom is -0.381 e. The molecule has 0 radical (unpaired) electrons. The number of nitrogens with zero attached hydrogens (tertiary/aromatic N) is 1. The Morgan fingerprint density at radius 1 is 1.18 bits per heavy atom. The zero-order valence-electron chi connectivity index (χ0n) is 15.6. The van der Waals surface area contributed by atoms with E-state index in [1.54, 1.807) is 0 Å². The standard InChI is InChI=1S/C20H24BrN3O4/c21-15-5-3-4-14(12-15)19(8-10-28-11-9-19)22-16(25)13-24-17(26)20(23-18(24)27)6-1-2-7-20/h3-5,12H,1-2,6-11,13H2,(H,22,25)(H,23,27). The van der Waals surface area contributed by atoms with Crippen LogP contribution in [0.25, 0.3) is 0 Å². The SMILES string of the molecule is O=C(CN1C(=O)NC2(CCCC2)C1=O)NC1(c2cccc(Br)c2)CCOCC1. The van der Waals surface area contributed by atoms with Gasteiger partial charge in [0.1, 0.15) is 12.1 Å². The van der Waals surface area contributed by atoms with Crippen LogP contribution in [0.15, 0.2) is 28.7 Å². The maximum atomic E-state index is 12.9. The molecule has 2 aliphatic heterocycles. The van der Waals surface area contributed by atoms with Gasteiger partial charge < -0.3 is 15.4 Å². The molecule has 1 aliphatic carbocycles. The lowest BCUT2D eigenvalue weighted by Gasteiger charge is -2.39. The minimum absolute atomic E-state index is 0.261. The molecule has 4 amide bonds. The van der Waals surface area contributed by atoms with Crippen LogP contribution in [0.4, 0.5) is 4.79 Å². The second kappa shape index (κ2) is 7.48. The molecule has 3 fully saturated rings. The average molecular weight is 450 g/mol. The monoisotopic (exact) mass is 449 g/mol. The number of hydrogen-bond acceptors (Lipinski definition) is 4. The lowest BCUT2D eigenvalue weighted by atomic mass is 9.82. The largest absolute Gasteiger partial charge is 0.381 e. The van der Waals surface area contributed by atoms with Gasteiger partial charge in [-0.2, -0.15) is 0 Å². The van der Waals surface area contributed by atoms with E-state index >= 15 is 0 Å². The lowest BCUT2D eigenvalue weighted by molar-refractivity contribution is -0.135. The molecule has 1 spiro atoms. The summed E-state index contributed by atoms with van der Waals surface area (Å²) in [6.45, 7) is 0.821. The molecular weight excluding hydrogens is 426 g/mol. The molecule has 8 heteroatoms. The van der Waals surface area contributed by atoms with E-state index in [9.17, 15) is 14.4 Å². The van der Waals surface area contributed by atoms with Crippen molar-refractivity contribution in [2.75, 3.05) is 19.8 Å². The highest BCUT2D eigenvalue weighted by Crippen LogP contribution is 2.36. The molecule has 2 N–H and O–H groups in total. The number of nitrogens with one attached hydrogen (secondary N) is 2. The molecule has 2 saturated heterocycles. The minimum atomic E-state index is -0.794. The van der Waals surface area contributed by atoms with Crippen LogP contribution in [-0.2, 0) is 19.9 Å². The number of imide groups is 1. The van der Waals surface area contributed by atoms with Crippen molar-refractivity contribution in [3.05, 3.63) is 34.3 Å². The summed E-state index contributed by atoms with van der Waals surface area (Å²) in [5, 5.41) is 5.93. The summed E-state index contributed by atoms with van der Waals surface area (Å²) in [4.78, 5) is 39.1. The predicted octanol–water partition coefficient (Wildman–Crippen LogP) is 2.44. The van der Waals surface area contributed by atoms with Crippen molar-refractivity contribution in [2.24, 2.45) is 0 Å². The summed E-state index contributed by atoms with van der Waals surface area (Å²) < 4.78 is 6.43. The number of amides is 4. The number of urea groups is 1. The Labute approximate surface area is 172 Å². The molecule has 0 bridgehead atoms. The van der Waals surface area contributed by atoms with Crippen molar-refractivity contribution in [2.45, 2.75) is 49.6 Å². The van der Waals surface area contributed by atoms with E-state index in [2.05, 4.69) is 26.6 Å². The summed E-state index contributed by atoms with van der Waals surface area (Å²) >= 11 is 3.49. The Balaban J connectivity index is 1.51. The molecule has 4 rings (SSSR count). The molecule has 7 nitrogen and oxygen atoms in total. The quantitative estimate of drug-likeness (QED) is 0.690. The van der Waals surface area contributed by atoms with E-state index in [1.807, 2.05) is 24.3 Å². The number of carbonyl (C=O) groups is 3. The lowest BCUT2D eigenvalue weighted by Crippen LogP contribution is -2.53. The van der Waals surface area contributed by atoms with Gasteiger partial charge in [-0.3, -0.25) is 14.5 Å². The zero-order chi connectivity index (χ0) is 19.8. The fraction of sp³-hybridized carbons (Fsp3) is 0.550. The number of benzene rings is 1. The smallest absolute Gasteiger partial charge is 0.325 e. The number of rotatable bonds is 4. The van der Waals surface area contributed by atoms with E-state index in [0.29, 0.717) is 38.9 Å². The van der Waals surface area contributed by atoms with Gasteiger partial charge in [0.2, 0.25) is 5.91 Å². The van der Waals surface area contributed by atoms with Crippen molar-refractivity contribution < 1.29 is 19.1 Å². The van der Waals surface area contributed by atoms with Crippen molar-refractivity contribution >= 4 is 33.8 Å². The highest BCUT2D eigenvalue weighted by atomic mass is 79.9. The number of halogens is 1. The molecule has 0 aromatic heterocycles. The van der Waals surface area contributed by atoms with Crippen LogP contribution >= 0.6 is 15.9 Å². The van der Waals surface area contributed by atoms with Crippen LogP contribution in [0.3, 0.4) is 0 Å². The normalized spacial score (nSPS) is 23.1. The van der Waals surface area contributed by atoms with Gasteiger partial charge in [-0.25, -0.2) is 4.79 Å². The van der Waals surface area contributed by atoms with Crippen LogP contribution in [-0.4, -0.2) is 48.0 Å². The summed E-state index contributed by atoms with van der Waals surface area (Å²) in [6, 6.07) is 7.38. The first-order valence-corrected chi connectivity index (χ1v) is 10.5. The van der Waals surface area contributed by atoms with E-state index < -0.39 is 17.1 Å². The molecule has 2 heterocycles. The second-order valence-corrected chi connectivity index (χ2v) is 8.78. The first kappa shape index (κ1) is 19.4.